The minimum Gasteiger partial charge on any atom is -0.479 e. The van der Waals surface area contributed by atoms with Crippen molar-refractivity contribution in [2.75, 3.05) is 19.8 Å². The highest BCUT2D eigenvalue weighted by Gasteiger charge is 2.71. The number of carboxylic acids is 1. The first-order valence-electron chi connectivity index (χ1n) is 34.0. The van der Waals surface area contributed by atoms with Gasteiger partial charge in [-0.2, -0.15) is 0 Å². The molecule has 10 fully saturated rings. The van der Waals surface area contributed by atoms with E-state index in [1.807, 2.05) is 0 Å². The third-order valence-electron chi connectivity index (χ3n) is 25.1. The summed E-state index contributed by atoms with van der Waals surface area (Å²) in [4.78, 5) is 42.2. The van der Waals surface area contributed by atoms with Gasteiger partial charge >= 0.3 is 11.9 Å². The van der Waals surface area contributed by atoms with Gasteiger partial charge in [-0.05, 0) is 117 Å². The molecule has 6 aliphatic heterocycles. The topological polar surface area (TPSA) is 506 Å². The Balaban J connectivity index is 0.843. The summed E-state index contributed by atoms with van der Waals surface area (Å²) in [5.74, 6) is -3.15. The van der Waals surface area contributed by atoms with E-state index in [4.69, 9.17) is 56.8 Å². The van der Waals surface area contributed by atoms with Gasteiger partial charge in [0.25, 0.3) is 0 Å². The normalized spacial score (nSPS) is 54.6. The van der Waals surface area contributed by atoms with Gasteiger partial charge in [0.2, 0.25) is 6.29 Å². The lowest BCUT2D eigenvalue weighted by molar-refractivity contribution is -0.394. The molecular formula is C65H102O32. The lowest BCUT2D eigenvalue weighted by atomic mass is 9.33. The zero-order chi connectivity index (χ0) is 70.9. The van der Waals surface area contributed by atoms with Crippen LogP contribution in [0.2, 0.25) is 0 Å². The number of fused-ring (bicyclic) bond motifs is 7. The maximum atomic E-state index is 15.8. The summed E-state index contributed by atoms with van der Waals surface area (Å²) in [5, 5.41) is 184. The SMILES string of the molecule is C[C@@H]1O[C@@H](O[C@H]2[C@H](OC(=O)[C@]34CCC(C)(C)C[C@H]3C3=CC[C@@H]5[C@@]6(C)CC[C@H](O[C@@H]7O[C@H](C(=O)O)[C@@H](O)[C@H](O)[C@H]7O[C@@H]7O[C@H](CO)[C@H](O)[C@H](O)[C@H]7O)[C@@](C)(C=O)[C@@H]6CC[C@@]5(C)[C@]3(C)CC4)O[C@H](C)[C@H](O)[C@@H]2O)[C@H](O)[C@H](O[C@@H]2O[C@H](CO)[C@@H](O)[C@H](O)[C@H]2O)[C@H]1O[C@@H]1OC[C@@H](O)[C@H](O)[C@H]1O. The molecule has 0 bridgehead atoms. The Kier molecular flexibility index (Phi) is 21.8. The number of aliphatic carboxylic acids is 1. The Hall–Kier alpha value is -2.73. The van der Waals surface area contributed by atoms with Crippen molar-refractivity contribution in [1.82, 2.24) is 0 Å². The van der Waals surface area contributed by atoms with E-state index < -0.39 is 249 Å². The third-order valence-corrected chi connectivity index (χ3v) is 25.1. The fourth-order valence-electron chi connectivity index (χ4n) is 18.9. The van der Waals surface area contributed by atoms with Gasteiger partial charge in [-0.3, -0.25) is 4.79 Å². The largest absolute Gasteiger partial charge is 0.479 e. The van der Waals surface area contributed by atoms with Gasteiger partial charge in [0.15, 0.2) is 43.7 Å². The summed E-state index contributed by atoms with van der Waals surface area (Å²) in [6, 6.07) is 0. The Morgan fingerprint density at radius 2 is 1.07 bits per heavy atom. The van der Waals surface area contributed by atoms with Crippen LogP contribution in [0, 0.1) is 50.2 Å². The first-order valence-corrected chi connectivity index (χ1v) is 34.0. The predicted molar refractivity (Wildman–Crippen MR) is 320 cm³/mol. The number of aldehydes is 1. The molecule has 5 aliphatic carbocycles. The van der Waals surface area contributed by atoms with Crippen LogP contribution in [0.3, 0.4) is 0 Å². The zero-order valence-electron chi connectivity index (χ0n) is 55.6. The highest BCUT2D eigenvalue weighted by molar-refractivity contribution is 5.79. The summed E-state index contributed by atoms with van der Waals surface area (Å²) in [6.07, 6.45) is -44.7. The van der Waals surface area contributed by atoms with Crippen molar-refractivity contribution in [2.24, 2.45) is 50.2 Å². The number of aliphatic hydroxyl groups excluding tert-OH is 16. The van der Waals surface area contributed by atoms with Gasteiger partial charge in [-0.1, -0.05) is 53.2 Å². The third kappa shape index (κ3) is 12.8. The second kappa shape index (κ2) is 28.0. The Morgan fingerprint density at radius 3 is 1.67 bits per heavy atom. The molecule has 11 aliphatic rings. The van der Waals surface area contributed by atoms with Crippen molar-refractivity contribution in [3.63, 3.8) is 0 Å². The van der Waals surface area contributed by atoms with Crippen molar-refractivity contribution in [1.29, 1.82) is 0 Å². The number of allylic oxidation sites excluding steroid dienone is 2. The molecule has 38 atom stereocenters. The van der Waals surface area contributed by atoms with Gasteiger partial charge in [0.1, 0.15) is 122 Å². The average Bonchev–Trinajstić information content (AvgIpc) is 0.674. The summed E-state index contributed by atoms with van der Waals surface area (Å²) < 4.78 is 72.5. The number of carboxylic acid groups (broad SMARTS) is 1. The average molecular weight is 1400 g/mol. The standard InChI is InChI=1S/C65H102O32/c1-24-34(70)40(76)50(96-56-46(82)48(93-54-44(80)38(74)36(72)29(20-66)89-54)47(25(2)88-56)92-53-43(79)35(71)28(69)22-86-53)57(87-24)97-59(85)65-17-15-60(3,4)19-27(65)26-9-10-32-61(5)13-12-33(62(6,23-68)31(61)11-14-64(32,8)63(26,7)16-18-65)91-58-51(42(78)41(77)49(94-58)52(83)84)95-55-45(81)39(75)37(73)30(21-67)90-55/h9,23-25,27-51,53-58,66-67,69-82H,10-22H2,1-8H3,(H,83,84)/t24-,25+,27+,28-,29-,30-,31-,32-,33+,34+,35+,36-,37+,38+,39+,40+,41+,42+,43-,44-,45-,46-,47+,48+,49+,50-,51-,53+,54+,55+,56+,57+,58-,61+,62+,63-,64-,65+/m1/s1. The molecule has 0 unspecified atom stereocenters. The van der Waals surface area contributed by atoms with E-state index in [1.54, 1.807) is 6.92 Å². The first-order chi connectivity index (χ1) is 45.5. The van der Waals surface area contributed by atoms with E-state index in [1.165, 1.54) is 13.8 Å². The number of carbonyl (C=O) groups is 3. The summed E-state index contributed by atoms with van der Waals surface area (Å²) in [6.45, 7) is 13.5. The van der Waals surface area contributed by atoms with Crippen molar-refractivity contribution < 1.29 is 158 Å². The molecule has 0 aromatic carbocycles. The molecule has 554 valence electrons. The van der Waals surface area contributed by atoms with Crippen molar-refractivity contribution in [3.05, 3.63) is 11.6 Å². The highest BCUT2D eigenvalue weighted by atomic mass is 16.8. The second-order valence-corrected chi connectivity index (χ2v) is 31.1. The predicted octanol–water partition coefficient (Wildman–Crippen LogP) is -4.42. The number of hydrogen-bond acceptors (Lipinski definition) is 31. The fraction of sp³-hybridized carbons (Fsp3) is 0.923. The minimum atomic E-state index is -2.10. The molecule has 4 saturated carbocycles. The number of aliphatic hydroxyl groups is 16. The molecule has 17 N–H and O–H groups in total. The van der Waals surface area contributed by atoms with Crippen molar-refractivity contribution in [3.8, 4) is 0 Å². The molecule has 0 aromatic heterocycles. The molecule has 32 nitrogen and oxygen atoms in total. The van der Waals surface area contributed by atoms with Gasteiger partial charge < -0.3 is 148 Å². The quantitative estimate of drug-likeness (QED) is 0.0300. The van der Waals surface area contributed by atoms with Gasteiger partial charge in [-0.15, -0.1) is 0 Å². The maximum absolute atomic E-state index is 15.8. The molecule has 0 radical (unpaired) electrons. The first kappa shape index (κ1) is 75.4. The summed E-state index contributed by atoms with van der Waals surface area (Å²) in [7, 11) is 0. The Morgan fingerprint density at radius 1 is 0.526 bits per heavy atom. The maximum Gasteiger partial charge on any atom is 0.335 e. The van der Waals surface area contributed by atoms with Crippen LogP contribution in [-0.4, -0.2) is 309 Å². The Labute approximate surface area is 560 Å². The van der Waals surface area contributed by atoms with E-state index in [0.717, 1.165) is 11.9 Å². The number of esters is 1. The van der Waals surface area contributed by atoms with Gasteiger partial charge in [0, 0.05) is 0 Å². The molecular weight excluding hydrogens is 1290 g/mol. The fourth-order valence-corrected chi connectivity index (χ4v) is 18.9. The van der Waals surface area contributed by atoms with Crippen LogP contribution in [0.1, 0.15) is 120 Å². The minimum absolute atomic E-state index is 0.0634. The highest BCUT2D eigenvalue weighted by Crippen LogP contribution is 2.76. The van der Waals surface area contributed by atoms with Crippen LogP contribution in [0.5, 0.6) is 0 Å². The zero-order valence-corrected chi connectivity index (χ0v) is 55.6. The molecule has 97 heavy (non-hydrogen) atoms. The van der Waals surface area contributed by atoms with Gasteiger partial charge in [-0.25, -0.2) is 4.79 Å². The van der Waals surface area contributed by atoms with E-state index >= 15 is 4.79 Å². The van der Waals surface area contributed by atoms with E-state index in [9.17, 15) is 96.4 Å². The molecule has 32 heteroatoms. The number of rotatable bonds is 16. The number of hydrogen-bond donors (Lipinski definition) is 17. The summed E-state index contributed by atoms with van der Waals surface area (Å²) >= 11 is 0. The molecule has 11 rings (SSSR count). The van der Waals surface area contributed by atoms with Crippen LogP contribution in [0.25, 0.3) is 0 Å². The Bertz CT molecular complexity index is 2820. The van der Waals surface area contributed by atoms with Crippen molar-refractivity contribution in [2.45, 2.75) is 304 Å². The van der Waals surface area contributed by atoms with Crippen LogP contribution in [0.15, 0.2) is 11.6 Å². The second-order valence-electron chi connectivity index (χ2n) is 31.1. The molecule has 0 amide bonds. The van der Waals surface area contributed by atoms with E-state index in [0.29, 0.717) is 57.8 Å². The lowest BCUT2D eigenvalue weighted by Crippen LogP contribution is -2.68. The van der Waals surface area contributed by atoms with Gasteiger partial charge in [0.05, 0.1) is 49.0 Å². The van der Waals surface area contributed by atoms with Crippen LogP contribution >= 0.6 is 0 Å². The van der Waals surface area contributed by atoms with E-state index in [-0.39, 0.29) is 23.7 Å². The smallest absolute Gasteiger partial charge is 0.335 e. The van der Waals surface area contributed by atoms with Crippen molar-refractivity contribution >= 4 is 18.2 Å². The molecule has 0 aromatic rings. The lowest BCUT2D eigenvalue weighted by Gasteiger charge is -2.71. The van der Waals surface area contributed by atoms with Crippen LogP contribution in [-0.2, 0) is 71.2 Å². The molecule has 0 spiro atoms. The molecule has 6 saturated heterocycles. The molecule has 6 heterocycles. The van der Waals surface area contributed by atoms with Crippen LogP contribution < -0.4 is 0 Å². The number of ether oxygens (including phenoxy) is 12. The summed E-state index contributed by atoms with van der Waals surface area (Å²) in [5.41, 5.74) is -3.23. The van der Waals surface area contributed by atoms with E-state index in [2.05, 4.69) is 40.7 Å². The van der Waals surface area contributed by atoms with Crippen LogP contribution in [0.4, 0.5) is 0 Å². The number of carbonyl (C=O) groups excluding carboxylic acids is 2. The monoisotopic (exact) mass is 1390 g/mol.